The summed E-state index contributed by atoms with van der Waals surface area (Å²) in [6.45, 7) is 1.72. The van der Waals surface area contributed by atoms with Crippen molar-refractivity contribution in [3.63, 3.8) is 0 Å². The molecule has 134 valence electrons. The summed E-state index contributed by atoms with van der Waals surface area (Å²) in [6, 6.07) is 5.17. The summed E-state index contributed by atoms with van der Waals surface area (Å²) in [4.78, 5) is 16.5. The van der Waals surface area contributed by atoms with E-state index in [9.17, 15) is 9.90 Å². The van der Waals surface area contributed by atoms with E-state index in [0.29, 0.717) is 49.7 Å². The average Bonchev–Trinajstić information content (AvgIpc) is 2.96. The molecule has 0 saturated carbocycles. The molecule has 0 spiro atoms. The molecule has 1 aliphatic heterocycles. The van der Waals surface area contributed by atoms with Crippen molar-refractivity contribution >= 4 is 5.91 Å². The smallest absolute Gasteiger partial charge is 0.257 e. The molecule has 0 unspecified atom stereocenters. The molecule has 1 aromatic rings. The van der Waals surface area contributed by atoms with Crippen LogP contribution in [0.3, 0.4) is 0 Å². The number of β-amino-alcohol motifs (C(OH)–C–C–N with tert-alkyl or cyclic N) is 1. The Bertz CT molecular complexity index is 565. The second kappa shape index (κ2) is 8.32. The highest BCUT2D eigenvalue weighted by Crippen LogP contribution is 2.33. The minimum atomic E-state index is -0.559. The van der Waals surface area contributed by atoms with Gasteiger partial charge >= 0.3 is 0 Å². The number of methoxy groups -OCH3 is 1. The van der Waals surface area contributed by atoms with Crippen molar-refractivity contribution in [1.29, 1.82) is 0 Å². The van der Waals surface area contributed by atoms with Crippen LogP contribution >= 0.6 is 0 Å². The van der Waals surface area contributed by atoms with Gasteiger partial charge in [0.05, 0.1) is 31.4 Å². The van der Waals surface area contributed by atoms with Gasteiger partial charge in [0.25, 0.3) is 5.91 Å². The molecule has 0 aromatic heterocycles. The van der Waals surface area contributed by atoms with E-state index in [1.54, 1.807) is 30.2 Å². The van der Waals surface area contributed by atoms with Crippen LogP contribution in [0.1, 0.15) is 16.8 Å². The standard InChI is InChI=1S/C17H27N3O4/c1-19(2)13-10-20(11-14(13)21)17(22)12-6-4-7-15(23-3)16(12)24-9-5-8-18/h4,6-7,13-14,21H,5,8-11,18H2,1-3H3/t13-,14-/m1/s1. The topological polar surface area (TPSA) is 88.3 Å². The van der Waals surface area contributed by atoms with Gasteiger partial charge in [-0.2, -0.15) is 0 Å². The number of amides is 1. The Morgan fingerprint density at radius 2 is 2.17 bits per heavy atom. The van der Waals surface area contributed by atoms with Crippen LogP contribution in [-0.2, 0) is 0 Å². The predicted octanol–water partition coefficient (Wildman–Crippen LogP) is 0.170. The fraction of sp³-hybridized carbons (Fsp3) is 0.588. The fourth-order valence-corrected chi connectivity index (χ4v) is 2.86. The van der Waals surface area contributed by atoms with Gasteiger partial charge in [-0.15, -0.1) is 0 Å². The Balaban J connectivity index is 2.22. The maximum Gasteiger partial charge on any atom is 0.257 e. The van der Waals surface area contributed by atoms with E-state index in [1.165, 1.54) is 0 Å². The number of likely N-dealkylation sites (N-methyl/N-ethyl adjacent to an activating group) is 1. The van der Waals surface area contributed by atoms with Crippen LogP contribution in [0.2, 0.25) is 0 Å². The van der Waals surface area contributed by atoms with Gasteiger partial charge in [0.1, 0.15) is 0 Å². The minimum Gasteiger partial charge on any atom is -0.493 e. The summed E-state index contributed by atoms with van der Waals surface area (Å²) >= 11 is 0. The molecule has 7 heteroatoms. The first-order valence-electron chi connectivity index (χ1n) is 8.13. The van der Waals surface area contributed by atoms with Crippen molar-refractivity contribution in [3.05, 3.63) is 23.8 Å². The lowest BCUT2D eigenvalue weighted by atomic mass is 10.1. The molecule has 1 aromatic carbocycles. The molecule has 3 N–H and O–H groups in total. The number of nitrogens with zero attached hydrogens (tertiary/aromatic N) is 2. The summed E-state index contributed by atoms with van der Waals surface area (Å²) in [6.07, 6.45) is 0.132. The Kier molecular flexibility index (Phi) is 6.42. The lowest BCUT2D eigenvalue weighted by Gasteiger charge is -2.22. The Morgan fingerprint density at radius 3 is 2.75 bits per heavy atom. The molecule has 1 aliphatic rings. The molecule has 7 nitrogen and oxygen atoms in total. The number of hydrogen-bond donors (Lipinski definition) is 2. The number of aliphatic hydroxyl groups excluding tert-OH is 1. The second-order valence-corrected chi connectivity index (χ2v) is 6.14. The zero-order valence-corrected chi connectivity index (χ0v) is 14.6. The molecule has 2 atom stereocenters. The Hall–Kier alpha value is -1.83. The fourth-order valence-electron chi connectivity index (χ4n) is 2.86. The normalized spacial score (nSPS) is 20.5. The third-order valence-electron chi connectivity index (χ3n) is 4.23. The second-order valence-electron chi connectivity index (χ2n) is 6.14. The Labute approximate surface area is 142 Å². The highest BCUT2D eigenvalue weighted by molar-refractivity contribution is 5.98. The van der Waals surface area contributed by atoms with Gasteiger partial charge in [0.15, 0.2) is 11.5 Å². The van der Waals surface area contributed by atoms with Crippen molar-refractivity contribution in [1.82, 2.24) is 9.80 Å². The molecule has 0 aliphatic carbocycles. The van der Waals surface area contributed by atoms with E-state index in [-0.39, 0.29) is 11.9 Å². The first kappa shape index (κ1) is 18.5. The quantitative estimate of drug-likeness (QED) is 0.690. The van der Waals surface area contributed by atoms with E-state index >= 15 is 0 Å². The first-order chi connectivity index (χ1) is 11.5. The van der Waals surface area contributed by atoms with Crippen LogP contribution in [0.4, 0.5) is 0 Å². The predicted molar refractivity (Wildman–Crippen MR) is 91.5 cm³/mol. The lowest BCUT2D eigenvalue weighted by Crippen LogP contribution is -2.38. The highest BCUT2D eigenvalue weighted by Gasteiger charge is 2.36. The monoisotopic (exact) mass is 337 g/mol. The zero-order valence-electron chi connectivity index (χ0n) is 14.6. The van der Waals surface area contributed by atoms with E-state index in [2.05, 4.69) is 0 Å². The summed E-state index contributed by atoms with van der Waals surface area (Å²) in [5.74, 6) is 0.781. The number of rotatable bonds is 7. The van der Waals surface area contributed by atoms with Gasteiger partial charge in [-0.3, -0.25) is 4.79 Å². The van der Waals surface area contributed by atoms with Gasteiger partial charge in [0, 0.05) is 13.1 Å². The SMILES string of the molecule is COc1cccc(C(=O)N2C[C@@H](O)[C@H](N(C)C)C2)c1OCCCN. The number of nitrogens with two attached hydrogens (primary N) is 1. The number of likely N-dealkylation sites (tertiary alicyclic amines) is 1. The van der Waals surface area contributed by atoms with Crippen LogP contribution in [0.5, 0.6) is 11.5 Å². The zero-order chi connectivity index (χ0) is 17.7. The van der Waals surface area contributed by atoms with Crippen LogP contribution < -0.4 is 15.2 Å². The molecule has 1 amide bonds. The number of ether oxygens (including phenoxy) is 2. The van der Waals surface area contributed by atoms with Crippen LogP contribution in [0, 0.1) is 0 Å². The molecular weight excluding hydrogens is 310 g/mol. The molecule has 1 heterocycles. The number of benzene rings is 1. The number of para-hydroxylation sites is 1. The molecule has 0 bridgehead atoms. The highest BCUT2D eigenvalue weighted by atomic mass is 16.5. The van der Waals surface area contributed by atoms with Crippen molar-refractivity contribution in [2.24, 2.45) is 5.73 Å². The maximum atomic E-state index is 12.9. The van der Waals surface area contributed by atoms with Crippen LogP contribution in [0.15, 0.2) is 18.2 Å². The maximum absolute atomic E-state index is 12.9. The molecule has 1 saturated heterocycles. The van der Waals surface area contributed by atoms with Gasteiger partial charge < -0.3 is 30.1 Å². The van der Waals surface area contributed by atoms with Crippen molar-refractivity contribution in [2.45, 2.75) is 18.6 Å². The van der Waals surface area contributed by atoms with E-state index in [1.807, 2.05) is 19.0 Å². The molecule has 1 fully saturated rings. The number of aliphatic hydroxyl groups is 1. The van der Waals surface area contributed by atoms with Crippen molar-refractivity contribution < 1.29 is 19.4 Å². The number of hydrogen-bond acceptors (Lipinski definition) is 6. The number of carbonyl (C=O) groups excluding carboxylic acids is 1. The molecule has 0 radical (unpaired) electrons. The lowest BCUT2D eigenvalue weighted by molar-refractivity contribution is 0.0759. The first-order valence-corrected chi connectivity index (χ1v) is 8.13. The van der Waals surface area contributed by atoms with Gasteiger partial charge in [-0.1, -0.05) is 6.07 Å². The average molecular weight is 337 g/mol. The summed E-state index contributed by atoms with van der Waals surface area (Å²) in [7, 11) is 5.34. The summed E-state index contributed by atoms with van der Waals surface area (Å²) < 4.78 is 11.1. The van der Waals surface area contributed by atoms with Gasteiger partial charge in [0.2, 0.25) is 0 Å². The number of carbonyl (C=O) groups is 1. The third kappa shape index (κ3) is 3.98. The summed E-state index contributed by atoms with van der Waals surface area (Å²) in [5, 5.41) is 10.2. The van der Waals surface area contributed by atoms with Crippen LogP contribution in [-0.4, -0.2) is 80.4 Å². The molecule has 24 heavy (non-hydrogen) atoms. The minimum absolute atomic E-state index is 0.0684. The van der Waals surface area contributed by atoms with Gasteiger partial charge in [-0.25, -0.2) is 0 Å². The molecule has 2 rings (SSSR count). The van der Waals surface area contributed by atoms with E-state index in [0.717, 1.165) is 0 Å². The van der Waals surface area contributed by atoms with E-state index < -0.39 is 6.10 Å². The van der Waals surface area contributed by atoms with Crippen molar-refractivity contribution in [3.8, 4) is 11.5 Å². The van der Waals surface area contributed by atoms with Crippen LogP contribution in [0.25, 0.3) is 0 Å². The van der Waals surface area contributed by atoms with Crippen molar-refractivity contribution in [2.75, 3.05) is 47.4 Å². The molecular formula is C17H27N3O4. The summed E-state index contributed by atoms with van der Waals surface area (Å²) in [5.41, 5.74) is 5.94. The largest absolute Gasteiger partial charge is 0.493 e. The Morgan fingerprint density at radius 1 is 1.42 bits per heavy atom. The van der Waals surface area contributed by atoms with Gasteiger partial charge in [-0.05, 0) is 39.2 Å². The van der Waals surface area contributed by atoms with E-state index in [4.69, 9.17) is 15.2 Å². The third-order valence-corrected chi connectivity index (χ3v) is 4.23.